The molecule has 1 aromatic carbocycles. The molecule has 0 radical (unpaired) electrons. The first-order chi connectivity index (χ1) is 7.76. The number of carbonyl (C=O) groups is 1. The van der Waals surface area contributed by atoms with Gasteiger partial charge in [0, 0.05) is 5.56 Å². The third-order valence-corrected chi connectivity index (χ3v) is 2.38. The topological polar surface area (TPSA) is 52.3 Å². The van der Waals surface area contributed by atoms with E-state index < -0.39 is 5.97 Å². The van der Waals surface area contributed by atoms with Gasteiger partial charge in [0.05, 0.1) is 12.5 Å². The predicted molar refractivity (Wildman–Crippen MR) is 59.5 cm³/mol. The van der Waals surface area contributed by atoms with Gasteiger partial charge in [-0.15, -0.1) is 11.6 Å². The molecule has 0 aliphatic carbocycles. The molecule has 0 aliphatic heterocycles. The zero-order chi connectivity index (χ0) is 11.5. The average molecular weight is 240 g/mol. The second-order valence-corrected chi connectivity index (χ2v) is 3.41. The molecule has 2 aromatic rings. The zero-order valence-corrected chi connectivity index (χ0v) is 9.45. The molecule has 16 heavy (non-hydrogen) atoms. The number of hydrogen-bond acceptors (Lipinski definition) is 4. The van der Waals surface area contributed by atoms with E-state index in [0.717, 1.165) is 5.56 Å². The number of halogens is 1. The average Bonchev–Trinajstić information content (AvgIpc) is 2.72. The van der Waals surface area contributed by atoms with E-state index >= 15 is 0 Å². The third kappa shape index (κ3) is 1.88. The Morgan fingerprint density at radius 2 is 2.38 bits per heavy atom. The normalized spacial score (nSPS) is 10.6. The minimum Gasteiger partial charge on any atom is -0.459 e. The fourth-order valence-corrected chi connectivity index (χ4v) is 1.60. The highest BCUT2D eigenvalue weighted by molar-refractivity contribution is 6.17. The van der Waals surface area contributed by atoms with Crippen LogP contribution in [0.5, 0.6) is 0 Å². The molecule has 0 saturated heterocycles. The van der Waals surface area contributed by atoms with Gasteiger partial charge in [-0.25, -0.2) is 9.78 Å². The van der Waals surface area contributed by atoms with Crippen molar-refractivity contribution in [2.45, 2.75) is 12.8 Å². The van der Waals surface area contributed by atoms with Crippen LogP contribution in [0.4, 0.5) is 0 Å². The molecule has 1 aromatic heterocycles. The van der Waals surface area contributed by atoms with Crippen molar-refractivity contribution in [1.82, 2.24) is 4.98 Å². The summed E-state index contributed by atoms with van der Waals surface area (Å²) in [6.45, 7) is 2.02. The van der Waals surface area contributed by atoms with E-state index in [0.29, 0.717) is 23.6 Å². The second-order valence-electron chi connectivity index (χ2n) is 3.14. The molecule has 0 amide bonds. The van der Waals surface area contributed by atoms with Gasteiger partial charge in [0.15, 0.2) is 5.58 Å². The van der Waals surface area contributed by atoms with Crippen molar-refractivity contribution in [2.75, 3.05) is 6.61 Å². The number of para-hydroxylation sites is 1. The van der Waals surface area contributed by atoms with Crippen LogP contribution in [0.1, 0.15) is 23.2 Å². The lowest BCUT2D eigenvalue weighted by Crippen LogP contribution is -2.04. The molecule has 0 saturated carbocycles. The van der Waals surface area contributed by atoms with Crippen molar-refractivity contribution in [3.8, 4) is 0 Å². The van der Waals surface area contributed by atoms with Crippen LogP contribution in [-0.4, -0.2) is 17.6 Å². The Bertz CT molecular complexity index is 521. The molecule has 0 fully saturated rings. The summed E-state index contributed by atoms with van der Waals surface area (Å²) in [7, 11) is 0. The fraction of sp³-hybridized carbons (Fsp3) is 0.273. The Balaban J connectivity index is 2.47. The number of ether oxygens (including phenoxy) is 1. The van der Waals surface area contributed by atoms with Gasteiger partial charge in [-0.1, -0.05) is 12.1 Å². The van der Waals surface area contributed by atoms with Gasteiger partial charge in [-0.2, -0.15) is 0 Å². The highest BCUT2D eigenvalue weighted by atomic mass is 35.5. The largest absolute Gasteiger partial charge is 0.459 e. The standard InChI is InChI=1S/C11H10ClNO3/c1-2-15-11(14)10-13-8-5-3-4-7(6-12)9(8)16-10/h3-5H,2,6H2,1H3. The number of oxazole rings is 1. The van der Waals surface area contributed by atoms with Gasteiger partial charge >= 0.3 is 11.9 Å². The van der Waals surface area contributed by atoms with Crippen LogP contribution in [0, 0.1) is 0 Å². The van der Waals surface area contributed by atoms with E-state index in [1.165, 1.54) is 0 Å². The van der Waals surface area contributed by atoms with Crippen LogP contribution in [0.3, 0.4) is 0 Å². The number of fused-ring (bicyclic) bond motifs is 1. The Morgan fingerprint density at radius 3 is 3.06 bits per heavy atom. The summed E-state index contributed by atoms with van der Waals surface area (Å²) in [6, 6.07) is 5.41. The Hall–Kier alpha value is -1.55. The third-order valence-electron chi connectivity index (χ3n) is 2.09. The van der Waals surface area contributed by atoms with Crippen LogP contribution in [0.25, 0.3) is 11.1 Å². The number of esters is 1. The fourth-order valence-electron chi connectivity index (χ4n) is 1.39. The number of nitrogens with zero attached hydrogens (tertiary/aromatic N) is 1. The Morgan fingerprint density at radius 1 is 1.56 bits per heavy atom. The SMILES string of the molecule is CCOC(=O)c1nc2cccc(CCl)c2o1. The Labute approximate surface area is 97.2 Å². The van der Waals surface area contributed by atoms with Crippen LogP contribution < -0.4 is 0 Å². The maximum Gasteiger partial charge on any atom is 0.394 e. The van der Waals surface area contributed by atoms with Gasteiger partial charge in [0.2, 0.25) is 0 Å². The lowest BCUT2D eigenvalue weighted by atomic mass is 10.2. The molecular weight excluding hydrogens is 230 g/mol. The number of benzene rings is 1. The number of alkyl halides is 1. The van der Waals surface area contributed by atoms with E-state index in [-0.39, 0.29) is 5.89 Å². The summed E-state index contributed by atoms with van der Waals surface area (Å²) < 4.78 is 10.1. The monoisotopic (exact) mass is 239 g/mol. The van der Waals surface area contributed by atoms with Gasteiger partial charge < -0.3 is 9.15 Å². The minimum absolute atomic E-state index is 0.0329. The molecule has 0 aliphatic rings. The van der Waals surface area contributed by atoms with Crippen LogP contribution >= 0.6 is 11.6 Å². The highest BCUT2D eigenvalue weighted by Gasteiger charge is 2.16. The minimum atomic E-state index is -0.556. The predicted octanol–water partition coefficient (Wildman–Crippen LogP) is 2.74. The number of aromatic nitrogens is 1. The molecule has 0 unspecified atom stereocenters. The van der Waals surface area contributed by atoms with Gasteiger partial charge in [0.1, 0.15) is 5.52 Å². The van der Waals surface area contributed by atoms with E-state index in [2.05, 4.69) is 4.98 Å². The second kappa shape index (κ2) is 4.53. The van der Waals surface area contributed by atoms with Gasteiger partial charge in [-0.3, -0.25) is 0 Å². The summed E-state index contributed by atoms with van der Waals surface area (Å²) in [6.07, 6.45) is 0. The van der Waals surface area contributed by atoms with Crippen molar-refractivity contribution >= 4 is 28.7 Å². The Kier molecular flexibility index (Phi) is 3.10. The lowest BCUT2D eigenvalue weighted by Gasteiger charge is -1.95. The molecule has 0 spiro atoms. The van der Waals surface area contributed by atoms with Crippen molar-refractivity contribution in [3.05, 3.63) is 29.7 Å². The smallest absolute Gasteiger partial charge is 0.394 e. The van der Waals surface area contributed by atoms with Gasteiger partial charge in [0.25, 0.3) is 0 Å². The van der Waals surface area contributed by atoms with Crippen LogP contribution in [0.2, 0.25) is 0 Å². The highest BCUT2D eigenvalue weighted by Crippen LogP contribution is 2.21. The summed E-state index contributed by atoms with van der Waals surface area (Å²) in [4.78, 5) is 15.4. The lowest BCUT2D eigenvalue weighted by molar-refractivity contribution is 0.0483. The van der Waals surface area contributed by atoms with E-state index in [4.69, 9.17) is 20.8 Å². The van der Waals surface area contributed by atoms with Crippen LogP contribution in [-0.2, 0) is 10.6 Å². The van der Waals surface area contributed by atoms with Gasteiger partial charge in [-0.05, 0) is 13.0 Å². The maximum atomic E-state index is 11.4. The molecule has 4 nitrogen and oxygen atoms in total. The molecule has 0 bridgehead atoms. The van der Waals surface area contributed by atoms with Crippen molar-refractivity contribution < 1.29 is 13.9 Å². The number of rotatable bonds is 3. The van der Waals surface area contributed by atoms with E-state index in [1.54, 1.807) is 13.0 Å². The van der Waals surface area contributed by atoms with E-state index in [9.17, 15) is 4.79 Å². The first-order valence-corrected chi connectivity index (χ1v) is 5.41. The summed E-state index contributed by atoms with van der Waals surface area (Å²) in [5.74, 6) is -0.275. The van der Waals surface area contributed by atoms with Crippen molar-refractivity contribution in [1.29, 1.82) is 0 Å². The van der Waals surface area contributed by atoms with Crippen molar-refractivity contribution in [3.63, 3.8) is 0 Å². The molecular formula is C11H10ClNO3. The molecule has 0 N–H and O–H groups in total. The molecule has 84 valence electrons. The molecule has 2 rings (SSSR count). The number of carbonyl (C=O) groups excluding carboxylic acids is 1. The summed E-state index contributed by atoms with van der Waals surface area (Å²) in [5.41, 5.74) is 1.96. The zero-order valence-electron chi connectivity index (χ0n) is 8.70. The molecule has 1 heterocycles. The summed E-state index contributed by atoms with van der Waals surface area (Å²) in [5, 5.41) is 0. The van der Waals surface area contributed by atoms with Crippen molar-refractivity contribution in [2.24, 2.45) is 0 Å². The van der Waals surface area contributed by atoms with Crippen LogP contribution in [0.15, 0.2) is 22.6 Å². The first-order valence-electron chi connectivity index (χ1n) is 4.87. The molecule has 0 atom stereocenters. The number of hydrogen-bond donors (Lipinski definition) is 0. The molecule has 5 heteroatoms. The maximum absolute atomic E-state index is 11.4. The van der Waals surface area contributed by atoms with E-state index in [1.807, 2.05) is 12.1 Å². The quantitative estimate of drug-likeness (QED) is 0.611. The first kappa shape index (κ1) is 11.0. The summed E-state index contributed by atoms with van der Waals surface area (Å²) >= 11 is 5.75.